The van der Waals surface area contributed by atoms with Crippen molar-refractivity contribution in [1.29, 1.82) is 0 Å². The van der Waals surface area contributed by atoms with Crippen molar-refractivity contribution >= 4 is 11.8 Å². The smallest absolute Gasteiger partial charge is 0.251 e. The summed E-state index contributed by atoms with van der Waals surface area (Å²) in [6.45, 7) is 1.60. The topological polar surface area (TPSA) is 159 Å². The SMILES string of the molecule is CCCCCCCCCCCC(=O)NCCNC(=O)[C@H](O)[C@@H](O)[C@H](O)[C@H](O)CO. The highest BCUT2D eigenvalue weighted by molar-refractivity contribution is 5.81. The first-order valence-electron chi connectivity index (χ1n) is 10.7. The minimum Gasteiger partial charge on any atom is -0.394 e. The monoisotopic (exact) mass is 420 g/mol. The molecule has 0 bridgehead atoms. The van der Waals surface area contributed by atoms with Gasteiger partial charge in [-0.2, -0.15) is 0 Å². The summed E-state index contributed by atoms with van der Waals surface area (Å²) in [6, 6.07) is 0. The van der Waals surface area contributed by atoms with Crippen LogP contribution in [0, 0.1) is 0 Å². The molecular weight excluding hydrogens is 380 g/mol. The zero-order valence-electron chi connectivity index (χ0n) is 17.6. The Hall–Kier alpha value is -1.26. The third kappa shape index (κ3) is 13.6. The molecule has 4 atom stereocenters. The van der Waals surface area contributed by atoms with E-state index in [0.29, 0.717) is 6.42 Å². The Kier molecular flexibility index (Phi) is 16.8. The molecule has 0 saturated carbocycles. The van der Waals surface area contributed by atoms with Crippen molar-refractivity contribution in [3.63, 3.8) is 0 Å². The van der Waals surface area contributed by atoms with Crippen molar-refractivity contribution in [3.8, 4) is 0 Å². The molecule has 0 radical (unpaired) electrons. The van der Waals surface area contributed by atoms with Crippen LogP contribution >= 0.6 is 0 Å². The molecule has 0 aromatic heterocycles. The fraction of sp³-hybridized carbons (Fsp3) is 0.900. The summed E-state index contributed by atoms with van der Waals surface area (Å²) >= 11 is 0. The summed E-state index contributed by atoms with van der Waals surface area (Å²) in [5, 5.41) is 51.6. The van der Waals surface area contributed by atoms with Gasteiger partial charge < -0.3 is 36.2 Å². The predicted octanol–water partition coefficient (Wildman–Crippen LogP) is -0.424. The Morgan fingerprint density at radius 2 is 1.28 bits per heavy atom. The summed E-state index contributed by atoms with van der Waals surface area (Å²) in [6.07, 6.45) is 3.54. The quantitative estimate of drug-likeness (QED) is 0.148. The molecule has 0 saturated heterocycles. The highest BCUT2D eigenvalue weighted by atomic mass is 16.4. The maximum absolute atomic E-state index is 11.7. The number of aliphatic hydroxyl groups is 5. The van der Waals surface area contributed by atoms with E-state index in [1.807, 2.05) is 0 Å². The van der Waals surface area contributed by atoms with Gasteiger partial charge in [0.1, 0.15) is 18.3 Å². The summed E-state index contributed by atoms with van der Waals surface area (Å²) < 4.78 is 0. The van der Waals surface area contributed by atoms with Gasteiger partial charge in [-0.25, -0.2) is 0 Å². The summed E-state index contributed by atoms with van der Waals surface area (Å²) in [4.78, 5) is 23.4. The van der Waals surface area contributed by atoms with Gasteiger partial charge in [-0.05, 0) is 6.42 Å². The van der Waals surface area contributed by atoms with Crippen molar-refractivity contribution in [2.75, 3.05) is 19.7 Å². The number of amides is 2. The van der Waals surface area contributed by atoms with Gasteiger partial charge in [0.15, 0.2) is 6.10 Å². The molecule has 9 nitrogen and oxygen atoms in total. The molecule has 0 aliphatic rings. The molecule has 9 heteroatoms. The van der Waals surface area contributed by atoms with Crippen molar-refractivity contribution in [2.24, 2.45) is 0 Å². The Labute approximate surface area is 173 Å². The second-order valence-electron chi connectivity index (χ2n) is 7.40. The molecule has 172 valence electrons. The van der Waals surface area contributed by atoms with E-state index < -0.39 is 36.9 Å². The van der Waals surface area contributed by atoms with Gasteiger partial charge in [0.2, 0.25) is 5.91 Å². The normalized spacial score (nSPS) is 15.4. The maximum Gasteiger partial charge on any atom is 0.251 e. The summed E-state index contributed by atoms with van der Waals surface area (Å²) in [5.74, 6) is -1.06. The van der Waals surface area contributed by atoms with Crippen molar-refractivity contribution < 1.29 is 35.1 Å². The van der Waals surface area contributed by atoms with Crippen molar-refractivity contribution in [1.82, 2.24) is 10.6 Å². The molecule has 0 unspecified atom stereocenters. The van der Waals surface area contributed by atoms with Gasteiger partial charge in [0.25, 0.3) is 5.91 Å². The Morgan fingerprint density at radius 1 is 0.759 bits per heavy atom. The predicted molar refractivity (Wildman–Crippen MR) is 109 cm³/mol. The lowest BCUT2D eigenvalue weighted by Gasteiger charge is -2.24. The van der Waals surface area contributed by atoms with Crippen molar-refractivity contribution in [3.05, 3.63) is 0 Å². The molecule has 0 spiro atoms. The molecule has 0 aromatic rings. The minimum absolute atomic E-state index is 0.0464. The Balaban J connectivity index is 3.73. The fourth-order valence-electron chi connectivity index (χ4n) is 2.85. The number of aliphatic hydroxyl groups excluding tert-OH is 5. The molecule has 29 heavy (non-hydrogen) atoms. The average molecular weight is 421 g/mol. The number of hydrogen-bond acceptors (Lipinski definition) is 7. The molecule has 0 aliphatic heterocycles. The number of hydrogen-bond donors (Lipinski definition) is 7. The van der Waals surface area contributed by atoms with E-state index >= 15 is 0 Å². The van der Waals surface area contributed by atoms with Gasteiger partial charge >= 0.3 is 0 Å². The molecule has 0 aliphatic carbocycles. The number of carbonyl (C=O) groups is 2. The van der Waals surface area contributed by atoms with Crippen LogP contribution in [-0.2, 0) is 9.59 Å². The lowest BCUT2D eigenvalue weighted by molar-refractivity contribution is -0.148. The van der Waals surface area contributed by atoms with E-state index in [2.05, 4.69) is 17.6 Å². The van der Waals surface area contributed by atoms with Crippen LogP contribution in [0.2, 0.25) is 0 Å². The van der Waals surface area contributed by atoms with Gasteiger partial charge in [0.05, 0.1) is 6.61 Å². The highest BCUT2D eigenvalue weighted by Gasteiger charge is 2.33. The van der Waals surface area contributed by atoms with E-state index in [9.17, 15) is 30.0 Å². The van der Waals surface area contributed by atoms with Crippen LogP contribution in [0.1, 0.15) is 71.1 Å². The number of carbonyl (C=O) groups excluding carboxylic acids is 2. The zero-order chi connectivity index (χ0) is 22.1. The number of unbranched alkanes of at least 4 members (excludes halogenated alkanes) is 8. The van der Waals surface area contributed by atoms with E-state index in [-0.39, 0.29) is 19.0 Å². The molecule has 2 amide bonds. The third-order valence-electron chi connectivity index (χ3n) is 4.78. The van der Waals surface area contributed by atoms with Gasteiger partial charge in [0, 0.05) is 19.5 Å². The lowest BCUT2D eigenvalue weighted by atomic mass is 10.0. The number of nitrogens with one attached hydrogen (secondary N) is 2. The van der Waals surface area contributed by atoms with E-state index in [0.717, 1.165) is 19.3 Å². The van der Waals surface area contributed by atoms with E-state index in [1.165, 1.54) is 38.5 Å². The maximum atomic E-state index is 11.7. The minimum atomic E-state index is -1.97. The third-order valence-corrected chi connectivity index (χ3v) is 4.78. The molecule has 0 fully saturated rings. The van der Waals surface area contributed by atoms with Crippen molar-refractivity contribution in [2.45, 2.75) is 95.5 Å². The molecule has 0 heterocycles. The van der Waals surface area contributed by atoms with E-state index in [1.54, 1.807) is 0 Å². The zero-order valence-corrected chi connectivity index (χ0v) is 17.6. The largest absolute Gasteiger partial charge is 0.394 e. The van der Waals surface area contributed by atoms with Gasteiger partial charge in [-0.3, -0.25) is 9.59 Å². The van der Waals surface area contributed by atoms with Crippen LogP contribution in [0.15, 0.2) is 0 Å². The first kappa shape index (κ1) is 27.7. The van der Waals surface area contributed by atoms with Crippen LogP contribution in [-0.4, -0.2) is 81.5 Å². The molecule has 0 aromatic carbocycles. The van der Waals surface area contributed by atoms with Crippen LogP contribution in [0.25, 0.3) is 0 Å². The Bertz CT molecular complexity index is 437. The van der Waals surface area contributed by atoms with Crippen LogP contribution < -0.4 is 10.6 Å². The highest BCUT2D eigenvalue weighted by Crippen LogP contribution is 2.10. The standard InChI is InChI=1S/C20H40N2O7/c1-2-3-4-5-6-7-8-9-10-11-16(25)21-12-13-22-20(29)19(28)18(27)17(26)15(24)14-23/h15,17-19,23-24,26-28H,2-14H2,1H3,(H,21,25)(H,22,29)/t15-,17-,18+,19-/m1/s1. The molecule has 0 rings (SSSR count). The molecule has 7 N–H and O–H groups in total. The first-order chi connectivity index (χ1) is 13.8. The van der Waals surface area contributed by atoms with Crippen LogP contribution in [0.3, 0.4) is 0 Å². The van der Waals surface area contributed by atoms with E-state index in [4.69, 9.17) is 5.11 Å². The fourth-order valence-corrected chi connectivity index (χ4v) is 2.85. The van der Waals surface area contributed by atoms with Crippen LogP contribution in [0.4, 0.5) is 0 Å². The first-order valence-corrected chi connectivity index (χ1v) is 10.7. The summed E-state index contributed by atoms with van der Waals surface area (Å²) in [5.41, 5.74) is 0. The van der Waals surface area contributed by atoms with Crippen LogP contribution in [0.5, 0.6) is 0 Å². The Morgan fingerprint density at radius 3 is 1.83 bits per heavy atom. The second-order valence-corrected chi connectivity index (χ2v) is 7.40. The molecular formula is C20H40N2O7. The van der Waals surface area contributed by atoms with Gasteiger partial charge in [-0.15, -0.1) is 0 Å². The summed E-state index contributed by atoms with van der Waals surface area (Å²) in [7, 11) is 0. The number of rotatable bonds is 18. The van der Waals surface area contributed by atoms with Gasteiger partial charge in [-0.1, -0.05) is 58.3 Å². The average Bonchev–Trinajstić information content (AvgIpc) is 2.73. The lowest BCUT2D eigenvalue weighted by Crippen LogP contribution is -2.52. The second kappa shape index (κ2) is 17.6.